The topological polar surface area (TPSA) is 92.9 Å². The Balaban J connectivity index is 0.00000196. The maximum atomic E-state index is 11.1. The number of hydrogen-bond donors (Lipinski definition) is 2. The molecule has 0 saturated carbocycles. The summed E-state index contributed by atoms with van der Waals surface area (Å²) in [6.45, 7) is 0. The van der Waals surface area contributed by atoms with E-state index in [1.54, 1.807) is 29.1 Å². The molecular formula is C18H14ClN5O2. The molecule has 0 aliphatic rings. The number of benzene rings is 2. The minimum Gasteiger partial charge on any atom is -0.478 e. The van der Waals surface area contributed by atoms with Crippen LogP contribution in [0.25, 0.3) is 16.7 Å². The highest BCUT2D eigenvalue weighted by atomic mass is 35.5. The zero-order valence-electron chi connectivity index (χ0n) is 13.4. The number of fused-ring (bicyclic) bond motifs is 1. The van der Waals surface area contributed by atoms with Gasteiger partial charge in [0.2, 0.25) is 0 Å². The summed E-state index contributed by atoms with van der Waals surface area (Å²) < 4.78 is 1.73. The number of aromatic carboxylic acids is 1. The maximum Gasteiger partial charge on any atom is 0.335 e. The first-order chi connectivity index (χ1) is 12.2. The van der Waals surface area contributed by atoms with Gasteiger partial charge in [0.05, 0.1) is 22.8 Å². The molecule has 4 rings (SSSR count). The van der Waals surface area contributed by atoms with Gasteiger partial charge < -0.3 is 10.4 Å². The zero-order chi connectivity index (χ0) is 17.2. The Morgan fingerprint density at radius 3 is 2.62 bits per heavy atom. The Morgan fingerprint density at radius 1 is 1.04 bits per heavy atom. The average Bonchev–Trinajstić information content (AvgIpc) is 3.08. The van der Waals surface area contributed by atoms with Crippen molar-refractivity contribution in [3.63, 3.8) is 0 Å². The van der Waals surface area contributed by atoms with Crippen molar-refractivity contribution >= 4 is 40.9 Å². The fourth-order valence-electron chi connectivity index (χ4n) is 2.57. The molecule has 0 aliphatic heterocycles. The molecule has 26 heavy (non-hydrogen) atoms. The monoisotopic (exact) mass is 367 g/mol. The molecule has 0 bridgehead atoms. The van der Waals surface area contributed by atoms with E-state index in [-0.39, 0.29) is 18.0 Å². The number of anilines is 2. The molecule has 2 aromatic heterocycles. The van der Waals surface area contributed by atoms with Crippen molar-refractivity contribution in [2.45, 2.75) is 0 Å². The number of nitrogens with zero attached hydrogens (tertiary/aromatic N) is 4. The van der Waals surface area contributed by atoms with E-state index in [2.05, 4.69) is 20.4 Å². The van der Waals surface area contributed by atoms with Crippen LogP contribution in [0.5, 0.6) is 0 Å². The SMILES string of the molecule is Cl.O=C(O)c1cccc(Nc2ncnc3c2cnn3-c2ccccc2)c1. The maximum absolute atomic E-state index is 11.1. The Bertz CT molecular complexity index is 1070. The largest absolute Gasteiger partial charge is 0.478 e. The van der Waals surface area contributed by atoms with E-state index in [1.165, 1.54) is 12.4 Å². The second-order valence-electron chi connectivity index (χ2n) is 5.36. The number of hydrogen-bond acceptors (Lipinski definition) is 5. The molecule has 0 radical (unpaired) electrons. The molecule has 0 amide bonds. The predicted octanol–water partition coefficient (Wildman–Crippen LogP) is 3.68. The van der Waals surface area contributed by atoms with E-state index in [0.29, 0.717) is 17.2 Å². The van der Waals surface area contributed by atoms with Gasteiger partial charge in [-0.1, -0.05) is 24.3 Å². The number of para-hydroxylation sites is 1. The molecular weight excluding hydrogens is 354 g/mol. The number of aromatic nitrogens is 4. The summed E-state index contributed by atoms with van der Waals surface area (Å²) in [4.78, 5) is 19.7. The summed E-state index contributed by atoms with van der Waals surface area (Å²) in [5, 5.41) is 17.4. The molecule has 7 nitrogen and oxygen atoms in total. The highest BCUT2D eigenvalue weighted by molar-refractivity contribution is 5.91. The lowest BCUT2D eigenvalue weighted by atomic mass is 10.2. The summed E-state index contributed by atoms with van der Waals surface area (Å²) in [6, 6.07) is 16.2. The fraction of sp³-hybridized carbons (Fsp3) is 0. The van der Waals surface area contributed by atoms with E-state index in [1.807, 2.05) is 30.3 Å². The molecule has 8 heteroatoms. The standard InChI is InChI=1S/C18H13N5O2.ClH/c24-18(25)12-5-4-6-13(9-12)22-16-15-10-21-23(17(15)20-11-19-16)14-7-2-1-3-8-14;/h1-11H,(H,24,25)(H,19,20,22);1H. The van der Waals surface area contributed by atoms with Crippen molar-refractivity contribution in [2.75, 3.05) is 5.32 Å². The molecule has 0 saturated heterocycles. The smallest absolute Gasteiger partial charge is 0.335 e. The van der Waals surface area contributed by atoms with Gasteiger partial charge >= 0.3 is 5.97 Å². The molecule has 2 heterocycles. The molecule has 0 fully saturated rings. The Labute approximate surface area is 154 Å². The summed E-state index contributed by atoms with van der Waals surface area (Å²) in [5.74, 6) is -0.414. The van der Waals surface area contributed by atoms with Crippen molar-refractivity contribution in [1.29, 1.82) is 0 Å². The van der Waals surface area contributed by atoms with E-state index >= 15 is 0 Å². The van der Waals surface area contributed by atoms with Crippen LogP contribution in [-0.4, -0.2) is 30.8 Å². The highest BCUT2D eigenvalue weighted by Crippen LogP contribution is 2.24. The predicted molar refractivity (Wildman–Crippen MR) is 101 cm³/mol. The van der Waals surface area contributed by atoms with E-state index in [0.717, 1.165) is 11.1 Å². The number of carbonyl (C=O) groups is 1. The lowest BCUT2D eigenvalue weighted by Crippen LogP contribution is -2.00. The first-order valence-corrected chi connectivity index (χ1v) is 7.57. The number of halogens is 1. The minimum atomic E-state index is -0.978. The zero-order valence-corrected chi connectivity index (χ0v) is 14.2. The number of carboxylic acid groups (broad SMARTS) is 1. The number of nitrogens with one attached hydrogen (secondary N) is 1. The quantitative estimate of drug-likeness (QED) is 0.571. The van der Waals surface area contributed by atoms with E-state index in [4.69, 9.17) is 5.11 Å². The van der Waals surface area contributed by atoms with Gasteiger partial charge in [0.15, 0.2) is 5.65 Å². The lowest BCUT2D eigenvalue weighted by molar-refractivity contribution is 0.0697. The third-order valence-corrected chi connectivity index (χ3v) is 3.74. The van der Waals surface area contributed by atoms with Gasteiger partial charge in [-0.05, 0) is 30.3 Å². The van der Waals surface area contributed by atoms with Gasteiger partial charge in [-0.25, -0.2) is 19.4 Å². The van der Waals surface area contributed by atoms with Gasteiger partial charge in [0.1, 0.15) is 12.1 Å². The van der Waals surface area contributed by atoms with Crippen LogP contribution in [0.15, 0.2) is 67.1 Å². The van der Waals surface area contributed by atoms with E-state index < -0.39 is 5.97 Å². The van der Waals surface area contributed by atoms with Crippen LogP contribution in [0.3, 0.4) is 0 Å². The summed E-state index contributed by atoms with van der Waals surface area (Å²) in [7, 11) is 0. The van der Waals surface area contributed by atoms with Crippen LogP contribution in [0, 0.1) is 0 Å². The molecule has 0 unspecified atom stereocenters. The van der Waals surface area contributed by atoms with Crippen LogP contribution in [0.2, 0.25) is 0 Å². The van der Waals surface area contributed by atoms with E-state index in [9.17, 15) is 4.79 Å². The highest BCUT2D eigenvalue weighted by Gasteiger charge is 2.12. The fourth-order valence-corrected chi connectivity index (χ4v) is 2.57. The Kier molecular flexibility index (Phi) is 4.81. The second kappa shape index (κ2) is 7.20. The van der Waals surface area contributed by atoms with Crippen molar-refractivity contribution in [3.8, 4) is 5.69 Å². The number of rotatable bonds is 4. The van der Waals surface area contributed by atoms with Gasteiger partial charge in [-0.15, -0.1) is 12.4 Å². The molecule has 2 aromatic carbocycles. The molecule has 0 spiro atoms. The Morgan fingerprint density at radius 2 is 1.85 bits per heavy atom. The molecule has 130 valence electrons. The van der Waals surface area contributed by atoms with Gasteiger partial charge in [-0.2, -0.15) is 5.10 Å². The first kappa shape index (κ1) is 17.4. The van der Waals surface area contributed by atoms with Crippen molar-refractivity contribution in [3.05, 3.63) is 72.7 Å². The normalized spacial score (nSPS) is 10.3. The third kappa shape index (κ3) is 3.20. The first-order valence-electron chi connectivity index (χ1n) is 7.57. The molecule has 4 aromatic rings. The van der Waals surface area contributed by atoms with Crippen molar-refractivity contribution < 1.29 is 9.90 Å². The summed E-state index contributed by atoms with van der Waals surface area (Å²) in [6.07, 6.45) is 3.14. The van der Waals surface area contributed by atoms with Crippen molar-refractivity contribution in [1.82, 2.24) is 19.7 Å². The van der Waals surface area contributed by atoms with Crippen LogP contribution >= 0.6 is 12.4 Å². The van der Waals surface area contributed by atoms with Crippen LogP contribution in [-0.2, 0) is 0 Å². The van der Waals surface area contributed by atoms with Crippen molar-refractivity contribution in [2.24, 2.45) is 0 Å². The van der Waals surface area contributed by atoms with Crippen LogP contribution in [0.1, 0.15) is 10.4 Å². The summed E-state index contributed by atoms with van der Waals surface area (Å²) >= 11 is 0. The molecule has 0 atom stereocenters. The van der Waals surface area contributed by atoms with Gasteiger partial charge in [0.25, 0.3) is 0 Å². The molecule has 0 aliphatic carbocycles. The summed E-state index contributed by atoms with van der Waals surface area (Å²) in [5.41, 5.74) is 2.40. The lowest BCUT2D eigenvalue weighted by Gasteiger charge is -2.07. The number of carboxylic acids is 1. The van der Waals surface area contributed by atoms with Gasteiger partial charge in [0, 0.05) is 5.69 Å². The third-order valence-electron chi connectivity index (χ3n) is 3.74. The van der Waals surface area contributed by atoms with Crippen LogP contribution < -0.4 is 5.32 Å². The molecule has 2 N–H and O–H groups in total. The van der Waals surface area contributed by atoms with Gasteiger partial charge in [-0.3, -0.25) is 0 Å². The Hall–Kier alpha value is -3.45. The minimum absolute atomic E-state index is 0. The average molecular weight is 368 g/mol. The second-order valence-corrected chi connectivity index (χ2v) is 5.36. The van der Waals surface area contributed by atoms with Crippen LogP contribution in [0.4, 0.5) is 11.5 Å².